The highest BCUT2D eigenvalue weighted by Gasteiger charge is 2.56. The Morgan fingerprint density at radius 3 is 2.08 bits per heavy atom. The van der Waals surface area contributed by atoms with E-state index >= 15 is 0 Å². The summed E-state index contributed by atoms with van der Waals surface area (Å²) in [5.41, 5.74) is 1.91. The normalized spacial score (nSPS) is 28.9. The van der Waals surface area contributed by atoms with Gasteiger partial charge in [0.05, 0.1) is 18.8 Å². The van der Waals surface area contributed by atoms with Gasteiger partial charge in [-0.05, 0) is 64.6 Å². The number of aliphatic hydroxyl groups is 1. The molecule has 220 valence electrons. The van der Waals surface area contributed by atoms with Crippen molar-refractivity contribution in [3.05, 3.63) is 60.2 Å². The van der Waals surface area contributed by atoms with Crippen LogP contribution in [0.1, 0.15) is 87.6 Å². The van der Waals surface area contributed by atoms with Crippen LogP contribution in [0.4, 0.5) is 0 Å². The summed E-state index contributed by atoms with van der Waals surface area (Å²) in [6.07, 6.45) is 10.8. The van der Waals surface area contributed by atoms with Crippen LogP contribution < -0.4 is 0 Å². The summed E-state index contributed by atoms with van der Waals surface area (Å²) in [6, 6.07) is 10.3. The van der Waals surface area contributed by atoms with Gasteiger partial charge in [-0.2, -0.15) is 0 Å². The molecule has 0 heterocycles. The second-order valence-electron chi connectivity index (χ2n) is 14.3. The lowest BCUT2D eigenvalue weighted by Gasteiger charge is -2.57. The van der Waals surface area contributed by atoms with Gasteiger partial charge in [0.1, 0.15) is 0 Å². The van der Waals surface area contributed by atoms with E-state index in [1.165, 1.54) is 5.56 Å². The highest BCUT2D eigenvalue weighted by molar-refractivity contribution is 6.77. The lowest BCUT2D eigenvalue weighted by molar-refractivity contribution is -0.0996. The molecule has 1 N–H and O–H groups in total. The van der Waals surface area contributed by atoms with E-state index in [0.29, 0.717) is 53.5 Å². The van der Waals surface area contributed by atoms with E-state index in [1.807, 2.05) is 18.2 Å². The highest BCUT2D eigenvalue weighted by atomic mass is 28.4. The molecule has 4 heteroatoms. The zero-order chi connectivity index (χ0) is 29.0. The Hall–Kier alpha value is -1.20. The molecule has 0 aliphatic heterocycles. The van der Waals surface area contributed by atoms with Crippen LogP contribution in [0, 0.1) is 35.0 Å². The summed E-state index contributed by atoms with van der Waals surface area (Å²) in [6.45, 7) is 25.6. The summed E-state index contributed by atoms with van der Waals surface area (Å²) < 4.78 is 13.1. The molecule has 3 aliphatic rings. The average Bonchev–Trinajstić information content (AvgIpc) is 2.86. The van der Waals surface area contributed by atoms with Crippen LogP contribution in [0.25, 0.3) is 0 Å². The third-order valence-electron chi connectivity index (χ3n) is 10.3. The second-order valence-corrected chi connectivity index (χ2v) is 19.8. The third-order valence-corrected chi connectivity index (χ3v) is 16.4. The van der Waals surface area contributed by atoms with Crippen molar-refractivity contribution in [2.75, 3.05) is 13.2 Å². The van der Waals surface area contributed by atoms with Crippen LogP contribution in [0.2, 0.25) is 16.6 Å². The molecule has 0 spiro atoms. The average molecular weight is 555 g/mol. The molecule has 3 nitrogen and oxygen atoms in total. The number of hydrogen-bond acceptors (Lipinski definition) is 3. The van der Waals surface area contributed by atoms with Gasteiger partial charge in [-0.1, -0.05) is 124 Å². The molecule has 0 unspecified atom stereocenters. The van der Waals surface area contributed by atoms with Crippen molar-refractivity contribution < 1.29 is 14.3 Å². The standard InChI is InChI=1S/C35H58O3Si/c1-25(2)33(24-38-39(26(3)4,27(5)6)28(7)8)32-21-34(10)18-17-31(32)20-35(34,36)19-16-29(9)22-37-23-30-14-12-11-13-15-30/h11-19,25-29,31-33,36H,20-24H2,1-10H3/b19-16+/t29-,31-,32+,33-,34+,35-/m0/s1. The maximum absolute atomic E-state index is 12.0. The maximum atomic E-state index is 12.0. The van der Waals surface area contributed by atoms with Crippen molar-refractivity contribution in [1.29, 1.82) is 0 Å². The van der Waals surface area contributed by atoms with Crippen LogP contribution in [0.15, 0.2) is 54.6 Å². The highest BCUT2D eigenvalue weighted by Crippen LogP contribution is 2.58. The number of hydrogen-bond donors (Lipinski definition) is 1. The number of ether oxygens (including phenoxy) is 1. The predicted octanol–water partition coefficient (Wildman–Crippen LogP) is 9.19. The largest absolute Gasteiger partial charge is 0.416 e. The van der Waals surface area contributed by atoms with Crippen molar-refractivity contribution in [1.82, 2.24) is 0 Å². The Kier molecular flexibility index (Phi) is 10.9. The van der Waals surface area contributed by atoms with Crippen LogP contribution in [-0.2, 0) is 15.8 Å². The first kappa shape index (κ1) is 32.3. The fourth-order valence-corrected chi connectivity index (χ4v) is 13.4. The first-order valence-corrected chi connectivity index (χ1v) is 17.8. The van der Waals surface area contributed by atoms with E-state index in [1.54, 1.807) is 0 Å². The van der Waals surface area contributed by atoms with Crippen molar-refractivity contribution >= 4 is 8.32 Å². The van der Waals surface area contributed by atoms with E-state index in [-0.39, 0.29) is 11.3 Å². The molecule has 1 fully saturated rings. The van der Waals surface area contributed by atoms with E-state index in [2.05, 4.69) is 106 Å². The van der Waals surface area contributed by atoms with Gasteiger partial charge < -0.3 is 14.3 Å². The molecule has 0 aromatic heterocycles. The predicted molar refractivity (Wildman–Crippen MR) is 168 cm³/mol. The Bertz CT molecular complexity index is 930. The summed E-state index contributed by atoms with van der Waals surface area (Å²) in [5.74, 6) is 2.23. The molecule has 0 amide bonds. The smallest absolute Gasteiger partial charge is 0.200 e. The Morgan fingerprint density at radius 2 is 1.54 bits per heavy atom. The molecule has 6 atom stereocenters. The summed E-state index contributed by atoms with van der Waals surface area (Å²) >= 11 is 0. The number of rotatable bonds is 14. The van der Waals surface area contributed by atoms with Crippen LogP contribution >= 0.6 is 0 Å². The first-order valence-electron chi connectivity index (χ1n) is 15.6. The van der Waals surface area contributed by atoms with Crippen molar-refractivity contribution in [3.8, 4) is 0 Å². The van der Waals surface area contributed by atoms with Gasteiger partial charge in [-0.15, -0.1) is 0 Å². The number of benzene rings is 1. The van der Waals surface area contributed by atoms with E-state index in [4.69, 9.17) is 9.16 Å². The molecule has 0 radical (unpaired) electrons. The minimum atomic E-state index is -1.92. The van der Waals surface area contributed by atoms with Crippen molar-refractivity contribution in [2.24, 2.45) is 35.0 Å². The van der Waals surface area contributed by atoms with Gasteiger partial charge in [-0.3, -0.25) is 0 Å². The Balaban J connectivity index is 1.68. The zero-order valence-corrected chi connectivity index (χ0v) is 27.6. The summed E-state index contributed by atoms with van der Waals surface area (Å²) in [5, 5.41) is 12.0. The fraction of sp³-hybridized carbons (Fsp3) is 0.714. The van der Waals surface area contributed by atoms with Gasteiger partial charge >= 0.3 is 0 Å². The molecule has 4 rings (SSSR count). The van der Waals surface area contributed by atoms with Gasteiger partial charge in [0.15, 0.2) is 8.32 Å². The SMILES string of the molecule is CC(C)[C@H](CO[Si](C(C)C)(C(C)C)C(C)C)[C@@H]1C[C@@]2(C)C=C[C@H]1C[C@@]2(O)/C=C/[C@H](C)COCc1ccccc1. The van der Waals surface area contributed by atoms with Crippen LogP contribution in [0.3, 0.4) is 0 Å². The van der Waals surface area contributed by atoms with Crippen LogP contribution in [-0.4, -0.2) is 32.2 Å². The van der Waals surface area contributed by atoms with E-state index < -0.39 is 13.9 Å². The van der Waals surface area contributed by atoms with Crippen LogP contribution in [0.5, 0.6) is 0 Å². The lowest BCUT2D eigenvalue weighted by Crippen LogP contribution is -2.56. The van der Waals surface area contributed by atoms with Gasteiger partial charge in [0.25, 0.3) is 0 Å². The Labute approximate surface area is 241 Å². The minimum Gasteiger partial charge on any atom is -0.416 e. The van der Waals surface area contributed by atoms with Crippen molar-refractivity contribution in [3.63, 3.8) is 0 Å². The van der Waals surface area contributed by atoms with Gasteiger partial charge in [-0.25, -0.2) is 0 Å². The number of fused-ring (bicyclic) bond motifs is 2. The second kappa shape index (κ2) is 13.2. The first-order chi connectivity index (χ1) is 18.3. The topological polar surface area (TPSA) is 38.7 Å². The van der Waals surface area contributed by atoms with E-state index in [0.717, 1.165) is 19.4 Å². The third kappa shape index (κ3) is 7.00. The van der Waals surface area contributed by atoms with E-state index in [9.17, 15) is 5.11 Å². The zero-order valence-electron chi connectivity index (χ0n) is 26.6. The lowest BCUT2D eigenvalue weighted by atomic mass is 9.51. The fourth-order valence-electron chi connectivity index (χ4n) is 7.91. The van der Waals surface area contributed by atoms with Gasteiger partial charge in [0.2, 0.25) is 0 Å². The molecule has 1 saturated carbocycles. The molecule has 39 heavy (non-hydrogen) atoms. The molecule has 0 saturated heterocycles. The summed E-state index contributed by atoms with van der Waals surface area (Å²) in [7, 11) is -1.92. The molecular formula is C35H58O3Si. The quantitative estimate of drug-likeness (QED) is 0.184. The summed E-state index contributed by atoms with van der Waals surface area (Å²) in [4.78, 5) is 0. The molecule has 1 aromatic carbocycles. The molecule has 1 aromatic rings. The Morgan fingerprint density at radius 1 is 0.923 bits per heavy atom. The van der Waals surface area contributed by atoms with Gasteiger partial charge in [0, 0.05) is 12.0 Å². The molecular weight excluding hydrogens is 496 g/mol. The molecule has 3 aliphatic carbocycles. The minimum absolute atomic E-state index is 0.250. The molecule has 2 bridgehead atoms. The maximum Gasteiger partial charge on any atom is 0.200 e. The van der Waals surface area contributed by atoms with Crippen molar-refractivity contribution in [2.45, 2.75) is 111 Å². The monoisotopic (exact) mass is 554 g/mol. The number of allylic oxidation sites excluding steroid dienone is 1.